The van der Waals surface area contributed by atoms with Gasteiger partial charge in [0.15, 0.2) is 0 Å². The molecule has 0 bridgehead atoms. The Morgan fingerprint density at radius 1 is 1.00 bits per heavy atom. The minimum absolute atomic E-state index is 0.625. The molecule has 0 aliphatic rings. The Bertz CT molecular complexity index is 853. The Morgan fingerprint density at radius 2 is 1.64 bits per heavy atom. The lowest BCUT2D eigenvalue weighted by molar-refractivity contribution is -0.144. The van der Waals surface area contributed by atoms with Crippen LogP contribution in [0.25, 0.3) is 6.08 Å². The monoisotopic (exact) mass is 377 g/mol. The second-order valence-electron chi connectivity index (χ2n) is 5.79. The van der Waals surface area contributed by atoms with Crippen LogP contribution in [0.4, 0.5) is 11.4 Å². The van der Waals surface area contributed by atoms with E-state index in [-0.39, 0.29) is 0 Å². The molecule has 0 aromatic heterocycles. The first-order valence-electron chi connectivity index (χ1n) is 8.51. The van der Waals surface area contributed by atoms with Crippen molar-refractivity contribution in [3.63, 3.8) is 0 Å². The Labute approximate surface area is 163 Å². The van der Waals surface area contributed by atoms with E-state index in [9.17, 15) is 9.59 Å². The van der Waals surface area contributed by atoms with E-state index in [4.69, 9.17) is 16.2 Å². The van der Waals surface area contributed by atoms with Crippen molar-refractivity contribution in [2.45, 2.75) is 12.5 Å². The number of carbonyl (C=O) groups excluding carboxylic acids is 2. The van der Waals surface area contributed by atoms with Gasteiger partial charge < -0.3 is 20.9 Å². The lowest BCUT2D eigenvalue weighted by atomic mass is 10.1. The number of rotatable bonds is 9. The number of allylic oxidation sites excluding steroid dienone is 3. The van der Waals surface area contributed by atoms with Gasteiger partial charge in [0, 0.05) is 11.4 Å². The van der Waals surface area contributed by atoms with Gasteiger partial charge in [0.05, 0.1) is 6.26 Å². The molecular formula is C22H21N2O4. The van der Waals surface area contributed by atoms with Gasteiger partial charge in [-0.1, -0.05) is 42.5 Å². The van der Waals surface area contributed by atoms with Crippen molar-refractivity contribution >= 4 is 29.9 Å². The summed E-state index contributed by atoms with van der Waals surface area (Å²) in [6, 6.07) is 14.5. The third kappa shape index (κ3) is 7.21. The van der Waals surface area contributed by atoms with E-state index in [0.717, 1.165) is 11.1 Å². The smallest absolute Gasteiger partial charge is 0.418 e. The molecule has 0 aliphatic carbocycles. The van der Waals surface area contributed by atoms with E-state index >= 15 is 0 Å². The zero-order valence-electron chi connectivity index (χ0n) is 15.2. The average Bonchev–Trinajstić information content (AvgIpc) is 2.70. The Kier molecular flexibility index (Phi) is 8.08. The van der Waals surface area contributed by atoms with E-state index in [1.54, 1.807) is 42.5 Å². The maximum Gasteiger partial charge on any atom is 0.418 e. The van der Waals surface area contributed by atoms with Gasteiger partial charge in [-0.25, -0.2) is 9.59 Å². The van der Waals surface area contributed by atoms with Crippen LogP contribution in [0.3, 0.4) is 0 Å². The van der Waals surface area contributed by atoms with E-state index in [2.05, 4.69) is 4.74 Å². The maximum absolute atomic E-state index is 12.0. The quantitative estimate of drug-likeness (QED) is 0.301. The highest BCUT2D eigenvalue weighted by atomic mass is 16.6. The summed E-state index contributed by atoms with van der Waals surface area (Å²) in [6.07, 6.45) is 9.00. The highest BCUT2D eigenvalue weighted by Gasteiger charge is 2.17. The minimum Gasteiger partial charge on any atom is -0.438 e. The van der Waals surface area contributed by atoms with Gasteiger partial charge in [-0.3, -0.25) is 0 Å². The molecule has 28 heavy (non-hydrogen) atoms. The minimum atomic E-state index is -1.20. The number of hydrogen-bond donors (Lipinski definition) is 2. The summed E-state index contributed by atoms with van der Waals surface area (Å²) in [5.41, 5.74) is 14.5. The normalized spacial score (nSPS) is 12.4. The van der Waals surface area contributed by atoms with Crippen LogP contribution in [-0.2, 0) is 25.5 Å². The van der Waals surface area contributed by atoms with E-state index < -0.39 is 12.1 Å². The largest absolute Gasteiger partial charge is 0.438 e. The van der Waals surface area contributed by atoms with Crippen LogP contribution in [0.15, 0.2) is 79.1 Å². The zero-order valence-corrected chi connectivity index (χ0v) is 15.2. The van der Waals surface area contributed by atoms with Crippen LogP contribution in [0, 0.1) is 0 Å². The summed E-state index contributed by atoms with van der Waals surface area (Å²) in [7, 11) is 0. The molecule has 0 saturated heterocycles. The molecule has 2 aromatic carbocycles. The molecule has 1 unspecified atom stereocenters. The number of hydrogen-bond acceptors (Lipinski definition) is 6. The molecular weight excluding hydrogens is 356 g/mol. The summed E-state index contributed by atoms with van der Waals surface area (Å²) in [6.45, 7) is 1.26. The van der Waals surface area contributed by atoms with Crippen LogP contribution < -0.4 is 11.5 Å². The Hall–Kier alpha value is -3.80. The van der Waals surface area contributed by atoms with Crippen molar-refractivity contribution in [1.82, 2.24) is 0 Å². The third-order valence-electron chi connectivity index (χ3n) is 3.65. The van der Waals surface area contributed by atoms with Crippen LogP contribution in [-0.4, -0.2) is 18.5 Å². The molecule has 0 fully saturated rings. The van der Waals surface area contributed by atoms with Gasteiger partial charge in [-0.05, 0) is 54.0 Å². The second-order valence-corrected chi connectivity index (χ2v) is 5.79. The van der Waals surface area contributed by atoms with Gasteiger partial charge >= 0.3 is 12.4 Å². The molecule has 0 saturated carbocycles. The predicted octanol–water partition coefficient (Wildman–Crippen LogP) is 3.17. The van der Waals surface area contributed by atoms with Gasteiger partial charge in [-0.15, -0.1) is 0 Å². The van der Waals surface area contributed by atoms with Crippen molar-refractivity contribution in [3.05, 3.63) is 90.2 Å². The molecule has 0 aliphatic heterocycles. The third-order valence-corrected chi connectivity index (χ3v) is 3.65. The lowest BCUT2D eigenvalue weighted by Crippen LogP contribution is -2.22. The highest BCUT2D eigenvalue weighted by Crippen LogP contribution is 2.09. The molecule has 143 valence electrons. The molecule has 4 N–H and O–H groups in total. The molecule has 2 rings (SSSR count). The van der Waals surface area contributed by atoms with Gasteiger partial charge in [0.1, 0.15) is 0 Å². The van der Waals surface area contributed by atoms with Gasteiger partial charge in [-0.2, -0.15) is 0 Å². The van der Waals surface area contributed by atoms with Crippen LogP contribution in [0.5, 0.6) is 0 Å². The number of nitrogens with two attached hydrogens (primary N) is 2. The summed E-state index contributed by atoms with van der Waals surface area (Å²) in [4.78, 5) is 22.5. The first-order valence-corrected chi connectivity index (χ1v) is 8.51. The Morgan fingerprint density at radius 3 is 2.29 bits per heavy atom. The van der Waals surface area contributed by atoms with E-state index in [1.165, 1.54) is 18.8 Å². The maximum atomic E-state index is 12.0. The number of nitrogen functional groups attached to an aromatic ring is 2. The number of benzene rings is 2. The average molecular weight is 377 g/mol. The standard InChI is InChI=1S/C22H21N2O4/c23-19-10-5-17(6-11-19)4-2-1-3-15-27-22(26)21(28-16-25)14-9-18-7-12-20(24)13-8-18/h1-3,5-15,21H,4,23-24H2. The van der Waals surface area contributed by atoms with Crippen LogP contribution in [0.1, 0.15) is 11.1 Å². The summed E-state index contributed by atoms with van der Waals surface area (Å²) in [5.74, 6) is -0.738. The molecule has 1 atom stereocenters. The number of ether oxygens (including phenoxy) is 2. The first-order chi connectivity index (χ1) is 13.6. The molecule has 0 heterocycles. The molecule has 6 heteroatoms. The Balaban J connectivity index is 1.84. The number of carbonyl (C=O) groups is 1. The predicted molar refractivity (Wildman–Crippen MR) is 109 cm³/mol. The molecule has 1 radical (unpaired) electrons. The SMILES string of the molecule is Nc1ccc(C=CC(O[C]=O)C(=O)OC=CC=CCc2ccc(N)cc2)cc1. The molecule has 0 amide bonds. The second kappa shape index (κ2) is 11.0. The highest BCUT2D eigenvalue weighted by molar-refractivity contribution is 5.80. The summed E-state index contributed by atoms with van der Waals surface area (Å²) in [5, 5.41) is 0. The van der Waals surface area contributed by atoms with Gasteiger partial charge in [0.2, 0.25) is 6.10 Å². The fourth-order valence-electron chi connectivity index (χ4n) is 2.18. The molecule has 0 spiro atoms. The zero-order chi connectivity index (χ0) is 20.2. The molecule has 2 aromatic rings. The van der Waals surface area contributed by atoms with E-state index in [1.807, 2.05) is 30.3 Å². The number of esters is 1. The fraction of sp³-hybridized carbons (Fsp3) is 0.0909. The van der Waals surface area contributed by atoms with Crippen molar-refractivity contribution < 1.29 is 19.1 Å². The first kappa shape index (κ1) is 20.5. The van der Waals surface area contributed by atoms with E-state index in [0.29, 0.717) is 17.8 Å². The summed E-state index contributed by atoms with van der Waals surface area (Å²) >= 11 is 0. The fourth-order valence-corrected chi connectivity index (χ4v) is 2.18. The van der Waals surface area contributed by atoms with Crippen LogP contribution >= 0.6 is 0 Å². The number of anilines is 2. The van der Waals surface area contributed by atoms with Crippen molar-refractivity contribution in [3.8, 4) is 0 Å². The van der Waals surface area contributed by atoms with Gasteiger partial charge in [0.25, 0.3) is 0 Å². The topological polar surface area (TPSA) is 105 Å². The summed E-state index contributed by atoms with van der Waals surface area (Å²) < 4.78 is 9.61. The molecule has 6 nitrogen and oxygen atoms in total. The van der Waals surface area contributed by atoms with Crippen molar-refractivity contribution in [1.29, 1.82) is 0 Å². The van der Waals surface area contributed by atoms with Crippen LogP contribution in [0.2, 0.25) is 0 Å². The lowest BCUT2D eigenvalue weighted by Gasteiger charge is -2.07. The van der Waals surface area contributed by atoms with Crippen molar-refractivity contribution in [2.75, 3.05) is 11.5 Å². The van der Waals surface area contributed by atoms with Crippen molar-refractivity contribution in [2.24, 2.45) is 0 Å².